The van der Waals surface area contributed by atoms with Gasteiger partial charge >= 0.3 is 0 Å². The Hall–Kier alpha value is -0.380. The van der Waals surface area contributed by atoms with Crippen molar-refractivity contribution in [3.05, 3.63) is 34.3 Å². The number of nitrogens with one attached hydrogen (secondary N) is 2. The molecule has 1 aliphatic heterocycles. The summed E-state index contributed by atoms with van der Waals surface area (Å²) in [7, 11) is 0. The molecule has 20 heavy (non-hydrogen) atoms. The van der Waals surface area contributed by atoms with E-state index in [0.29, 0.717) is 18.1 Å². The number of hydrogen-bond acceptors (Lipinski definition) is 2. The minimum atomic E-state index is 0.381. The van der Waals surface area contributed by atoms with E-state index in [9.17, 15) is 0 Å². The smallest absolute Gasteiger partial charge is 0.0305 e. The number of benzene rings is 1. The number of hydrogen-bond donors (Lipinski definition) is 2. The molecule has 1 fully saturated rings. The summed E-state index contributed by atoms with van der Waals surface area (Å²) in [6.07, 6.45) is 6.65. The maximum Gasteiger partial charge on any atom is 0.0305 e. The molecule has 1 saturated heterocycles. The van der Waals surface area contributed by atoms with Gasteiger partial charge in [-0.1, -0.05) is 47.0 Å². The second-order valence-corrected chi connectivity index (χ2v) is 6.90. The molecule has 1 aliphatic rings. The highest BCUT2D eigenvalue weighted by atomic mass is 79.9. The second-order valence-electron chi connectivity index (χ2n) is 6.05. The Morgan fingerprint density at radius 1 is 1.25 bits per heavy atom. The third kappa shape index (κ3) is 4.87. The van der Waals surface area contributed by atoms with Crippen molar-refractivity contribution in [2.75, 3.05) is 6.54 Å². The van der Waals surface area contributed by atoms with Gasteiger partial charge in [-0.05, 0) is 51.3 Å². The summed E-state index contributed by atoms with van der Waals surface area (Å²) in [6, 6.07) is 10.1. The fourth-order valence-corrected chi connectivity index (χ4v) is 3.77. The van der Waals surface area contributed by atoms with Crippen molar-refractivity contribution in [1.29, 1.82) is 0 Å². The summed E-state index contributed by atoms with van der Waals surface area (Å²) in [5.41, 5.74) is 1.34. The molecule has 1 aromatic carbocycles. The first-order chi connectivity index (χ1) is 9.66. The zero-order valence-electron chi connectivity index (χ0n) is 12.7. The summed E-state index contributed by atoms with van der Waals surface area (Å²) in [5.74, 6) is 0. The van der Waals surface area contributed by atoms with Gasteiger partial charge in [-0.3, -0.25) is 0 Å². The van der Waals surface area contributed by atoms with Crippen LogP contribution in [0.4, 0.5) is 0 Å². The van der Waals surface area contributed by atoms with Gasteiger partial charge in [0.1, 0.15) is 0 Å². The molecular weight excluding hydrogens is 312 g/mol. The fourth-order valence-electron chi connectivity index (χ4n) is 3.14. The van der Waals surface area contributed by atoms with E-state index in [1.807, 2.05) is 0 Å². The predicted molar refractivity (Wildman–Crippen MR) is 90.0 cm³/mol. The molecule has 0 saturated carbocycles. The van der Waals surface area contributed by atoms with Crippen LogP contribution in [0.5, 0.6) is 0 Å². The molecule has 2 N–H and O–H groups in total. The van der Waals surface area contributed by atoms with Crippen LogP contribution in [0.2, 0.25) is 0 Å². The maximum absolute atomic E-state index is 3.73. The Bertz CT molecular complexity index is 400. The van der Waals surface area contributed by atoms with E-state index in [-0.39, 0.29) is 0 Å². The van der Waals surface area contributed by atoms with E-state index in [2.05, 4.69) is 64.7 Å². The minimum Gasteiger partial charge on any atom is -0.314 e. The van der Waals surface area contributed by atoms with Crippen molar-refractivity contribution >= 4 is 15.9 Å². The van der Waals surface area contributed by atoms with Crippen LogP contribution in [0.1, 0.15) is 57.6 Å². The van der Waals surface area contributed by atoms with Crippen LogP contribution in [0, 0.1) is 0 Å². The maximum atomic E-state index is 3.73. The van der Waals surface area contributed by atoms with E-state index < -0.39 is 0 Å². The molecule has 0 radical (unpaired) electrons. The third-order valence-electron chi connectivity index (χ3n) is 4.21. The van der Waals surface area contributed by atoms with Gasteiger partial charge in [0.25, 0.3) is 0 Å². The molecule has 112 valence electrons. The van der Waals surface area contributed by atoms with Crippen molar-refractivity contribution in [1.82, 2.24) is 10.6 Å². The zero-order chi connectivity index (χ0) is 14.4. The van der Waals surface area contributed by atoms with Crippen LogP contribution in [0.3, 0.4) is 0 Å². The van der Waals surface area contributed by atoms with Crippen molar-refractivity contribution in [3.8, 4) is 0 Å². The quantitative estimate of drug-likeness (QED) is 0.830. The Kier molecular flexibility index (Phi) is 6.53. The van der Waals surface area contributed by atoms with Crippen molar-refractivity contribution < 1.29 is 0 Å². The highest BCUT2D eigenvalue weighted by Crippen LogP contribution is 2.23. The lowest BCUT2D eigenvalue weighted by Crippen LogP contribution is -2.37. The van der Waals surface area contributed by atoms with Gasteiger partial charge in [-0.25, -0.2) is 0 Å². The van der Waals surface area contributed by atoms with Gasteiger partial charge in [0.2, 0.25) is 0 Å². The summed E-state index contributed by atoms with van der Waals surface area (Å²) < 4.78 is 1.19. The summed E-state index contributed by atoms with van der Waals surface area (Å²) in [5, 5.41) is 7.42. The van der Waals surface area contributed by atoms with Crippen LogP contribution in [0.25, 0.3) is 0 Å². The summed E-state index contributed by atoms with van der Waals surface area (Å²) >= 11 is 3.64. The Labute approximate surface area is 131 Å². The van der Waals surface area contributed by atoms with Gasteiger partial charge < -0.3 is 10.6 Å². The Morgan fingerprint density at radius 2 is 2.05 bits per heavy atom. The normalized spacial score (nSPS) is 23.1. The van der Waals surface area contributed by atoms with Gasteiger partial charge in [-0.2, -0.15) is 0 Å². The van der Waals surface area contributed by atoms with Crippen LogP contribution in [0.15, 0.2) is 28.7 Å². The van der Waals surface area contributed by atoms with Crippen molar-refractivity contribution in [2.45, 2.75) is 64.1 Å². The largest absolute Gasteiger partial charge is 0.314 e. The molecule has 2 unspecified atom stereocenters. The molecule has 0 aliphatic carbocycles. The van der Waals surface area contributed by atoms with Gasteiger partial charge in [0, 0.05) is 22.6 Å². The second kappa shape index (κ2) is 8.16. The van der Waals surface area contributed by atoms with Crippen LogP contribution >= 0.6 is 15.9 Å². The topological polar surface area (TPSA) is 24.1 Å². The zero-order valence-corrected chi connectivity index (χ0v) is 14.2. The first kappa shape index (κ1) is 16.0. The van der Waals surface area contributed by atoms with Crippen molar-refractivity contribution in [3.63, 3.8) is 0 Å². The molecule has 0 spiro atoms. The lowest BCUT2D eigenvalue weighted by atomic mass is 10.0. The van der Waals surface area contributed by atoms with E-state index in [1.165, 1.54) is 48.7 Å². The standard InChI is InChI=1S/C17H27BrN2/c1-13(12-15-8-4-3-7-11-19-15)20-14(2)16-9-5-6-10-17(16)18/h5-6,9-10,13-15,19-20H,3-4,7-8,11-12H2,1-2H3/t13?,14-,15?/m1/s1. The highest BCUT2D eigenvalue weighted by Gasteiger charge is 2.17. The predicted octanol–water partition coefficient (Wildman–Crippen LogP) is 4.41. The summed E-state index contributed by atoms with van der Waals surface area (Å²) in [6.45, 7) is 5.74. The molecule has 2 rings (SSSR count). The Morgan fingerprint density at radius 3 is 2.85 bits per heavy atom. The van der Waals surface area contributed by atoms with Crippen molar-refractivity contribution in [2.24, 2.45) is 0 Å². The van der Waals surface area contributed by atoms with Gasteiger partial charge in [-0.15, -0.1) is 0 Å². The molecule has 0 aromatic heterocycles. The monoisotopic (exact) mass is 338 g/mol. The van der Waals surface area contributed by atoms with Gasteiger partial charge in [0.15, 0.2) is 0 Å². The molecule has 3 atom stereocenters. The summed E-state index contributed by atoms with van der Waals surface area (Å²) in [4.78, 5) is 0. The molecule has 1 heterocycles. The first-order valence-corrected chi connectivity index (χ1v) is 8.70. The van der Waals surface area contributed by atoms with Crippen LogP contribution < -0.4 is 10.6 Å². The number of halogens is 1. The van der Waals surface area contributed by atoms with E-state index in [1.54, 1.807) is 0 Å². The van der Waals surface area contributed by atoms with E-state index >= 15 is 0 Å². The van der Waals surface area contributed by atoms with Crippen LogP contribution in [-0.4, -0.2) is 18.6 Å². The average Bonchev–Trinajstić information content (AvgIpc) is 2.67. The average molecular weight is 339 g/mol. The molecule has 1 aromatic rings. The number of rotatable bonds is 5. The SMILES string of the molecule is CC(CC1CCCCCN1)N[C@H](C)c1ccccc1Br. The van der Waals surface area contributed by atoms with Gasteiger partial charge in [0.05, 0.1) is 0 Å². The molecule has 3 heteroatoms. The molecular formula is C17H27BrN2. The Balaban J connectivity index is 1.84. The first-order valence-electron chi connectivity index (χ1n) is 7.90. The van der Waals surface area contributed by atoms with E-state index in [4.69, 9.17) is 0 Å². The third-order valence-corrected chi connectivity index (χ3v) is 4.93. The highest BCUT2D eigenvalue weighted by molar-refractivity contribution is 9.10. The molecule has 0 bridgehead atoms. The molecule has 0 amide bonds. The lowest BCUT2D eigenvalue weighted by Gasteiger charge is -2.25. The minimum absolute atomic E-state index is 0.381. The van der Waals surface area contributed by atoms with E-state index in [0.717, 1.165) is 0 Å². The molecule has 2 nitrogen and oxygen atoms in total. The lowest BCUT2D eigenvalue weighted by molar-refractivity contribution is 0.380. The fraction of sp³-hybridized carbons (Fsp3) is 0.647. The van der Waals surface area contributed by atoms with Crippen LogP contribution in [-0.2, 0) is 0 Å².